The van der Waals surface area contributed by atoms with Gasteiger partial charge in [0.15, 0.2) is 0 Å². The normalized spacial score (nSPS) is 12.6. The minimum Gasteiger partial charge on any atom is -0.466 e. The number of aryl methyl sites for hydroxylation is 1. The van der Waals surface area contributed by atoms with Gasteiger partial charge in [0.1, 0.15) is 0 Å². The number of hydrogen-bond acceptors (Lipinski definition) is 6. The van der Waals surface area contributed by atoms with E-state index in [9.17, 15) is 18.0 Å². The Morgan fingerprint density at radius 1 is 0.829 bits per heavy atom. The molecule has 0 bridgehead atoms. The Kier molecular flexibility index (Phi) is 11.0. The van der Waals surface area contributed by atoms with Gasteiger partial charge < -0.3 is 9.47 Å². The summed E-state index contributed by atoms with van der Waals surface area (Å²) in [7, 11) is -4.01. The van der Waals surface area contributed by atoms with Crippen molar-refractivity contribution in [3.8, 4) is 0 Å². The SMILES string of the molecule is [C-]#[N+]C(CCCC(C)(C)C(=O)OCC)(CCCC(C)(C)C(=O)OCC)S(=O)(=O)c1ccc(C)cc1. The van der Waals surface area contributed by atoms with Crippen LogP contribution in [0, 0.1) is 24.3 Å². The number of ether oxygens (including phenoxy) is 2. The smallest absolute Gasteiger partial charge is 0.333 e. The second kappa shape index (κ2) is 12.5. The molecule has 0 N–H and O–H groups in total. The lowest BCUT2D eigenvalue weighted by Crippen LogP contribution is -2.37. The fourth-order valence-corrected chi connectivity index (χ4v) is 5.85. The van der Waals surface area contributed by atoms with Gasteiger partial charge in [-0.2, -0.15) is 0 Å². The minimum absolute atomic E-state index is 0.0787. The summed E-state index contributed by atoms with van der Waals surface area (Å²) in [6.45, 7) is 20.9. The molecule has 8 heteroatoms. The second-order valence-corrected chi connectivity index (χ2v) is 12.5. The van der Waals surface area contributed by atoms with E-state index in [1.54, 1.807) is 53.7 Å². The van der Waals surface area contributed by atoms with Crippen LogP contribution < -0.4 is 0 Å². The van der Waals surface area contributed by atoms with Crippen LogP contribution in [0.2, 0.25) is 0 Å². The first-order valence-electron chi connectivity index (χ1n) is 12.2. The average molecular weight is 508 g/mol. The highest BCUT2D eigenvalue weighted by Gasteiger charge is 2.51. The van der Waals surface area contributed by atoms with E-state index < -0.39 is 25.5 Å². The molecule has 0 amide bonds. The van der Waals surface area contributed by atoms with Crippen LogP contribution in [0.25, 0.3) is 4.85 Å². The summed E-state index contributed by atoms with van der Waals surface area (Å²) in [5.74, 6) is -0.683. The highest BCUT2D eigenvalue weighted by molar-refractivity contribution is 7.93. The van der Waals surface area contributed by atoms with Crippen molar-refractivity contribution in [3.05, 3.63) is 41.2 Å². The molecule has 1 aromatic rings. The summed E-state index contributed by atoms with van der Waals surface area (Å²) in [5, 5.41) is 0. The molecule has 0 saturated heterocycles. The van der Waals surface area contributed by atoms with Gasteiger partial charge in [-0.1, -0.05) is 17.7 Å². The zero-order valence-electron chi connectivity index (χ0n) is 22.3. The standard InChI is InChI=1S/C27H41NO6S/c1-9-33-23(29)25(4,5)17-11-19-27(28-8,20-12-18-26(6,7)24(30)34-10-2)35(31,32)22-15-13-21(3)14-16-22/h13-16H,9-12,17-20H2,1-7H3. The summed E-state index contributed by atoms with van der Waals surface area (Å²) in [6.07, 6.45) is 1.66. The molecule has 0 aromatic heterocycles. The molecule has 0 aliphatic carbocycles. The molecule has 0 saturated carbocycles. The molecule has 1 rings (SSSR count). The van der Waals surface area contributed by atoms with Crippen molar-refractivity contribution in [1.82, 2.24) is 0 Å². The van der Waals surface area contributed by atoms with E-state index in [1.165, 1.54) is 12.1 Å². The number of hydrogen-bond donors (Lipinski definition) is 0. The lowest BCUT2D eigenvalue weighted by Gasteiger charge is -2.27. The molecular formula is C27H41NO6S. The lowest BCUT2D eigenvalue weighted by atomic mass is 9.84. The van der Waals surface area contributed by atoms with Crippen molar-refractivity contribution in [2.24, 2.45) is 10.8 Å². The Bertz CT molecular complexity index is 967. The molecular weight excluding hydrogens is 466 g/mol. The number of carbonyl (C=O) groups excluding carboxylic acids is 2. The van der Waals surface area contributed by atoms with E-state index in [2.05, 4.69) is 4.85 Å². The maximum Gasteiger partial charge on any atom is 0.333 e. The molecule has 0 atom stereocenters. The van der Waals surface area contributed by atoms with Gasteiger partial charge in [-0.25, -0.2) is 15.0 Å². The van der Waals surface area contributed by atoms with Crippen LogP contribution in [-0.4, -0.2) is 38.4 Å². The molecule has 35 heavy (non-hydrogen) atoms. The molecule has 196 valence electrons. The third-order valence-electron chi connectivity index (χ3n) is 6.43. The summed E-state index contributed by atoms with van der Waals surface area (Å²) >= 11 is 0. The highest BCUT2D eigenvalue weighted by atomic mass is 32.2. The van der Waals surface area contributed by atoms with Gasteiger partial charge in [0.05, 0.1) is 28.9 Å². The average Bonchev–Trinajstić information content (AvgIpc) is 2.78. The van der Waals surface area contributed by atoms with Crippen molar-refractivity contribution in [2.45, 2.75) is 96.8 Å². The Morgan fingerprint density at radius 3 is 1.57 bits per heavy atom. The van der Waals surface area contributed by atoms with Gasteiger partial charge in [0, 0.05) is 12.8 Å². The Labute approximate surface area is 211 Å². The Hall–Kier alpha value is -2.40. The van der Waals surface area contributed by atoms with Crippen LogP contribution in [0.15, 0.2) is 29.2 Å². The Balaban J connectivity index is 3.22. The summed E-state index contributed by atoms with van der Waals surface area (Å²) < 4.78 is 37.9. The number of rotatable bonds is 14. The molecule has 1 aromatic carbocycles. The molecule has 7 nitrogen and oxygen atoms in total. The van der Waals surface area contributed by atoms with E-state index in [4.69, 9.17) is 16.0 Å². The van der Waals surface area contributed by atoms with Gasteiger partial charge in [0.2, 0.25) is 0 Å². The van der Waals surface area contributed by atoms with E-state index >= 15 is 0 Å². The van der Waals surface area contributed by atoms with Crippen molar-refractivity contribution in [2.75, 3.05) is 13.2 Å². The van der Waals surface area contributed by atoms with Gasteiger partial charge in [0.25, 0.3) is 9.84 Å². The van der Waals surface area contributed by atoms with Crippen LogP contribution in [0.5, 0.6) is 0 Å². The zero-order valence-corrected chi connectivity index (χ0v) is 23.1. The van der Waals surface area contributed by atoms with Gasteiger partial charge >= 0.3 is 16.8 Å². The minimum atomic E-state index is -4.01. The maximum atomic E-state index is 13.8. The molecule has 0 aliphatic rings. The molecule has 0 radical (unpaired) electrons. The van der Waals surface area contributed by atoms with E-state index in [-0.39, 0.29) is 42.9 Å². The predicted octanol–water partition coefficient (Wildman–Crippen LogP) is 5.90. The van der Waals surface area contributed by atoms with Gasteiger partial charge in [-0.3, -0.25) is 14.4 Å². The lowest BCUT2D eigenvalue weighted by molar-refractivity contribution is -0.154. The van der Waals surface area contributed by atoms with Crippen molar-refractivity contribution in [3.63, 3.8) is 0 Å². The van der Waals surface area contributed by atoms with Crippen LogP contribution in [0.3, 0.4) is 0 Å². The largest absolute Gasteiger partial charge is 0.466 e. The van der Waals surface area contributed by atoms with Crippen LogP contribution in [0.1, 0.15) is 85.6 Å². The first-order chi connectivity index (χ1) is 16.2. The molecule has 0 aliphatic heterocycles. The quantitative estimate of drug-likeness (QED) is 0.230. The topological polar surface area (TPSA) is 91.1 Å². The van der Waals surface area contributed by atoms with Crippen molar-refractivity contribution in [1.29, 1.82) is 0 Å². The fraction of sp³-hybridized carbons (Fsp3) is 0.667. The second-order valence-electron chi connectivity index (χ2n) is 10.3. The van der Waals surface area contributed by atoms with Crippen molar-refractivity contribution < 1.29 is 27.5 Å². The van der Waals surface area contributed by atoms with E-state index in [1.807, 2.05) is 6.92 Å². The number of nitrogens with zero attached hydrogens (tertiary/aromatic N) is 1. The van der Waals surface area contributed by atoms with Crippen LogP contribution >= 0.6 is 0 Å². The van der Waals surface area contributed by atoms with Gasteiger partial charge in [-0.15, -0.1) is 0 Å². The number of benzene rings is 1. The maximum absolute atomic E-state index is 13.8. The third-order valence-corrected chi connectivity index (χ3v) is 8.82. The van der Waals surface area contributed by atoms with Crippen LogP contribution in [0.4, 0.5) is 0 Å². The summed E-state index contributed by atoms with van der Waals surface area (Å²) in [5.41, 5.74) is -0.656. The third kappa shape index (κ3) is 7.79. The highest BCUT2D eigenvalue weighted by Crippen LogP contribution is 2.40. The van der Waals surface area contributed by atoms with E-state index in [0.717, 1.165) is 5.56 Å². The van der Waals surface area contributed by atoms with E-state index in [0.29, 0.717) is 25.7 Å². The van der Waals surface area contributed by atoms with Crippen molar-refractivity contribution >= 4 is 21.8 Å². The molecule has 0 fully saturated rings. The van der Waals surface area contributed by atoms with Crippen LogP contribution in [-0.2, 0) is 28.9 Å². The zero-order chi connectivity index (χ0) is 26.9. The first kappa shape index (κ1) is 30.6. The fourth-order valence-electron chi connectivity index (χ4n) is 3.97. The molecule has 0 spiro atoms. The number of sulfone groups is 1. The predicted molar refractivity (Wildman–Crippen MR) is 136 cm³/mol. The number of carbonyl (C=O) groups is 2. The number of esters is 2. The molecule has 0 unspecified atom stereocenters. The van der Waals surface area contributed by atoms with Gasteiger partial charge in [-0.05, 0) is 86.3 Å². The summed E-state index contributed by atoms with van der Waals surface area (Å²) in [4.78, 5) is 26.7. The monoisotopic (exact) mass is 507 g/mol. The first-order valence-corrected chi connectivity index (χ1v) is 13.7. The Morgan fingerprint density at radius 2 is 1.23 bits per heavy atom. The summed E-state index contributed by atoms with van der Waals surface area (Å²) in [6, 6.07) is 6.51. The molecule has 0 heterocycles.